The fraction of sp³-hybridized carbons (Fsp3) is 0.812. The van der Waals surface area contributed by atoms with Gasteiger partial charge in [0.1, 0.15) is 6.33 Å². The average molecular weight is 308 g/mol. The second-order valence-corrected chi connectivity index (χ2v) is 6.43. The smallest absolute Gasteiger partial charge is 0.191 e. The lowest BCUT2D eigenvalue weighted by Crippen LogP contribution is -2.42. The maximum atomic E-state index is 4.28. The van der Waals surface area contributed by atoms with E-state index in [4.69, 9.17) is 0 Å². The maximum absolute atomic E-state index is 4.28. The zero-order valence-corrected chi connectivity index (χ0v) is 14.8. The van der Waals surface area contributed by atoms with Gasteiger partial charge >= 0.3 is 0 Å². The number of guanidine groups is 1. The van der Waals surface area contributed by atoms with Gasteiger partial charge in [-0.05, 0) is 18.8 Å². The van der Waals surface area contributed by atoms with Crippen LogP contribution in [0.5, 0.6) is 0 Å². The van der Waals surface area contributed by atoms with Crippen LogP contribution < -0.4 is 10.6 Å². The predicted octanol–water partition coefficient (Wildman–Crippen LogP) is 2.57. The van der Waals surface area contributed by atoms with Gasteiger partial charge in [-0.1, -0.05) is 40.0 Å². The molecule has 0 saturated carbocycles. The molecule has 2 N–H and O–H groups in total. The van der Waals surface area contributed by atoms with Gasteiger partial charge in [0, 0.05) is 20.1 Å². The molecule has 0 aliphatic rings. The normalized spacial score (nSPS) is 12.5. The van der Waals surface area contributed by atoms with Gasteiger partial charge in [-0.2, -0.15) is 0 Å². The quantitative estimate of drug-likeness (QED) is 0.418. The van der Waals surface area contributed by atoms with E-state index in [1.54, 1.807) is 13.4 Å². The van der Waals surface area contributed by atoms with Gasteiger partial charge in [0.15, 0.2) is 11.8 Å². The van der Waals surface area contributed by atoms with E-state index in [1.165, 1.54) is 25.7 Å². The summed E-state index contributed by atoms with van der Waals surface area (Å²) in [6, 6.07) is 0. The highest BCUT2D eigenvalue weighted by atomic mass is 15.3. The molecule has 0 aromatic carbocycles. The lowest BCUT2D eigenvalue weighted by molar-refractivity contribution is 0.318. The molecule has 1 aromatic heterocycles. The molecule has 0 amide bonds. The van der Waals surface area contributed by atoms with Crippen LogP contribution in [0.3, 0.4) is 0 Å². The molecular formula is C16H32N6. The fourth-order valence-electron chi connectivity index (χ4n) is 2.33. The first kappa shape index (κ1) is 18.5. The van der Waals surface area contributed by atoms with Gasteiger partial charge in [0.05, 0.1) is 6.54 Å². The number of unbranched alkanes of at least 4 members (excludes halogenated alkanes) is 2. The minimum Gasteiger partial charge on any atom is -0.356 e. The molecule has 126 valence electrons. The first-order valence-corrected chi connectivity index (χ1v) is 8.33. The van der Waals surface area contributed by atoms with Crippen molar-refractivity contribution in [2.24, 2.45) is 10.4 Å². The molecule has 0 fully saturated rings. The Morgan fingerprint density at radius 1 is 1.27 bits per heavy atom. The van der Waals surface area contributed by atoms with Crippen LogP contribution in [-0.4, -0.2) is 34.3 Å². The van der Waals surface area contributed by atoms with Crippen molar-refractivity contribution in [3.8, 4) is 0 Å². The van der Waals surface area contributed by atoms with E-state index < -0.39 is 0 Å². The first-order valence-electron chi connectivity index (χ1n) is 8.33. The van der Waals surface area contributed by atoms with Crippen LogP contribution in [0.25, 0.3) is 0 Å². The molecule has 1 heterocycles. The Balaban J connectivity index is 2.39. The largest absolute Gasteiger partial charge is 0.356 e. The van der Waals surface area contributed by atoms with Gasteiger partial charge < -0.3 is 15.2 Å². The molecule has 6 nitrogen and oxygen atoms in total. The molecule has 6 heteroatoms. The van der Waals surface area contributed by atoms with Crippen LogP contribution in [0.1, 0.15) is 59.2 Å². The number of nitrogens with one attached hydrogen (secondary N) is 2. The van der Waals surface area contributed by atoms with Crippen molar-refractivity contribution >= 4 is 5.96 Å². The summed E-state index contributed by atoms with van der Waals surface area (Å²) in [6.45, 7) is 11.3. The van der Waals surface area contributed by atoms with Crippen molar-refractivity contribution in [3.63, 3.8) is 0 Å². The summed E-state index contributed by atoms with van der Waals surface area (Å²) in [7, 11) is 1.80. The van der Waals surface area contributed by atoms with E-state index in [2.05, 4.69) is 53.5 Å². The minimum absolute atomic E-state index is 0.274. The number of hydrogen-bond acceptors (Lipinski definition) is 3. The standard InChI is InChI=1S/C16H32N6/c1-6-8-9-10-16(3,4)12-19-15(17-5)18-11-14-21-20-13-22(14)7-2/h13H,6-12H2,1-5H3,(H2,17,18,19). The van der Waals surface area contributed by atoms with E-state index in [9.17, 15) is 0 Å². The molecule has 0 saturated heterocycles. The van der Waals surface area contributed by atoms with Crippen molar-refractivity contribution < 1.29 is 0 Å². The highest BCUT2D eigenvalue weighted by Crippen LogP contribution is 2.22. The summed E-state index contributed by atoms with van der Waals surface area (Å²) in [5, 5.41) is 14.8. The van der Waals surface area contributed by atoms with E-state index in [0.717, 1.165) is 24.9 Å². The molecule has 1 aromatic rings. The second kappa shape index (κ2) is 9.43. The number of rotatable bonds is 9. The highest BCUT2D eigenvalue weighted by molar-refractivity contribution is 5.79. The number of nitrogens with zero attached hydrogens (tertiary/aromatic N) is 4. The van der Waals surface area contributed by atoms with Crippen LogP contribution in [0.4, 0.5) is 0 Å². The third kappa shape index (κ3) is 6.45. The zero-order valence-electron chi connectivity index (χ0n) is 14.8. The van der Waals surface area contributed by atoms with Gasteiger partial charge in [-0.25, -0.2) is 0 Å². The average Bonchev–Trinajstić information content (AvgIpc) is 2.95. The molecule has 0 aliphatic heterocycles. The van der Waals surface area contributed by atoms with Crippen LogP contribution in [0.2, 0.25) is 0 Å². The lowest BCUT2D eigenvalue weighted by atomic mass is 9.87. The molecule has 0 radical (unpaired) electrons. The first-order chi connectivity index (χ1) is 10.5. The number of aryl methyl sites for hydroxylation is 1. The van der Waals surface area contributed by atoms with Crippen LogP contribution in [0.15, 0.2) is 11.3 Å². The van der Waals surface area contributed by atoms with Crippen LogP contribution in [-0.2, 0) is 13.1 Å². The van der Waals surface area contributed by atoms with Crippen molar-refractivity contribution in [1.82, 2.24) is 25.4 Å². The Hall–Kier alpha value is -1.59. The minimum atomic E-state index is 0.274. The Morgan fingerprint density at radius 2 is 2.05 bits per heavy atom. The number of aliphatic imine (C=N–C) groups is 1. The van der Waals surface area contributed by atoms with E-state index >= 15 is 0 Å². The topological polar surface area (TPSA) is 67.1 Å². The van der Waals surface area contributed by atoms with Crippen LogP contribution >= 0.6 is 0 Å². The van der Waals surface area contributed by atoms with Gasteiger partial charge in [0.2, 0.25) is 0 Å². The third-order valence-electron chi connectivity index (χ3n) is 3.87. The van der Waals surface area contributed by atoms with Gasteiger partial charge in [-0.15, -0.1) is 10.2 Å². The van der Waals surface area contributed by atoms with E-state index in [1.807, 2.05) is 4.57 Å². The summed E-state index contributed by atoms with van der Waals surface area (Å²) in [6.07, 6.45) is 6.85. The summed E-state index contributed by atoms with van der Waals surface area (Å²) in [4.78, 5) is 4.28. The van der Waals surface area contributed by atoms with Crippen molar-refractivity contribution in [3.05, 3.63) is 12.2 Å². The van der Waals surface area contributed by atoms with Crippen molar-refractivity contribution in [2.75, 3.05) is 13.6 Å². The molecular weight excluding hydrogens is 276 g/mol. The molecule has 1 rings (SSSR count). The highest BCUT2D eigenvalue weighted by Gasteiger charge is 2.17. The van der Waals surface area contributed by atoms with E-state index in [-0.39, 0.29) is 5.41 Å². The number of hydrogen-bond donors (Lipinski definition) is 2. The van der Waals surface area contributed by atoms with Crippen molar-refractivity contribution in [1.29, 1.82) is 0 Å². The van der Waals surface area contributed by atoms with Gasteiger partial charge in [0.25, 0.3) is 0 Å². The predicted molar refractivity (Wildman–Crippen MR) is 91.8 cm³/mol. The molecule has 0 unspecified atom stereocenters. The summed E-state index contributed by atoms with van der Waals surface area (Å²) >= 11 is 0. The Kier molecular flexibility index (Phi) is 7.91. The summed E-state index contributed by atoms with van der Waals surface area (Å²) in [5.74, 6) is 1.74. The SMILES string of the molecule is CCCCCC(C)(C)CNC(=NC)NCc1nncn1CC. The maximum Gasteiger partial charge on any atom is 0.191 e. The van der Waals surface area contributed by atoms with Gasteiger partial charge in [-0.3, -0.25) is 4.99 Å². The molecule has 22 heavy (non-hydrogen) atoms. The van der Waals surface area contributed by atoms with E-state index in [0.29, 0.717) is 6.54 Å². The fourth-order valence-corrected chi connectivity index (χ4v) is 2.33. The molecule has 0 spiro atoms. The molecule has 0 bridgehead atoms. The molecule has 0 atom stereocenters. The monoisotopic (exact) mass is 308 g/mol. The lowest BCUT2D eigenvalue weighted by Gasteiger charge is -2.26. The number of aromatic nitrogens is 3. The summed E-state index contributed by atoms with van der Waals surface area (Å²) < 4.78 is 2.02. The van der Waals surface area contributed by atoms with Crippen LogP contribution in [0, 0.1) is 5.41 Å². The third-order valence-corrected chi connectivity index (χ3v) is 3.87. The Morgan fingerprint density at radius 3 is 2.68 bits per heavy atom. The Labute approximate surface area is 134 Å². The Bertz CT molecular complexity index is 449. The molecule has 0 aliphatic carbocycles. The van der Waals surface area contributed by atoms with Crippen molar-refractivity contribution in [2.45, 2.75) is 66.5 Å². The summed E-state index contributed by atoms with van der Waals surface area (Å²) in [5.41, 5.74) is 0.274. The zero-order chi connectivity index (χ0) is 16.4. The second-order valence-electron chi connectivity index (χ2n) is 6.43.